The Labute approximate surface area is 175 Å². The fourth-order valence-corrected chi connectivity index (χ4v) is 3.59. The summed E-state index contributed by atoms with van der Waals surface area (Å²) in [4.78, 5) is 0. The number of ether oxygens (including phenoxy) is 1. The van der Waals surface area contributed by atoms with E-state index in [1.807, 2.05) is 18.2 Å². The number of aliphatic hydroxyl groups excluding tert-OH is 2. The summed E-state index contributed by atoms with van der Waals surface area (Å²) in [7, 11) is 0. The number of aliphatic hydroxyl groups is 3. The van der Waals surface area contributed by atoms with Crippen LogP contribution in [-0.4, -0.2) is 20.9 Å². The fourth-order valence-electron chi connectivity index (χ4n) is 3.59. The Morgan fingerprint density at radius 2 is 1.62 bits per heavy atom. The lowest BCUT2D eigenvalue weighted by Gasteiger charge is -2.27. The van der Waals surface area contributed by atoms with Crippen LogP contribution in [0.3, 0.4) is 0 Å². The molecular formula is C25H36O4. The molecule has 0 fully saturated rings. The molecule has 0 saturated heterocycles. The first-order valence-corrected chi connectivity index (χ1v) is 10.8. The van der Waals surface area contributed by atoms with Crippen molar-refractivity contribution in [2.45, 2.75) is 84.2 Å². The Morgan fingerprint density at radius 3 is 2.31 bits per heavy atom. The molecule has 0 aliphatic carbocycles. The summed E-state index contributed by atoms with van der Waals surface area (Å²) in [6.45, 7) is 4.47. The molecule has 4 nitrogen and oxygen atoms in total. The molecule has 0 amide bonds. The van der Waals surface area contributed by atoms with Crippen LogP contribution in [0.1, 0.15) is 74.6 Å². The zero-order valence-electron chi connectivity index (χ0n) is 17.9. The SMILES string of the molecule is CCCCCC(O)(CC)CCc1cccc(COc2ccc(CO)c(CO)c2)c1. The molecule has 0 bridgehead atoms. The van der Waals surface area contributed by atoms with Crippen molar-refractivity contribution in [3.8, 4) is 5.75 Å². The number of benzene rings is 2. The molecular weight excluding hydrogens is 364 g/mol. The smallest absolute Gasteiger partial charge is 0.120 e. The van der Waals surface area contributed by atoms with E-state index in [0.717, 1.165) is 37.7 Å². The number of hydrogen-bond acceptors (Lipinski definition) is 4. The predicted octanol–water partition coefficient (Wildman–Crippen LogP) is 4.90. The van der Waals surface area contributed by atoms with Crippen LogP contribution < -0.4 is 4.74 Å². The maximum Gasteiger partial charge on any atom is 0.120 e. The third-order valence-electron chi connectivity index (χ3n) is 5.70. The minimum atomic E-state index is -0.573. The van der Waals surface area contributed by atoms with Gasteiger partial charge in [0.2, 0.25) is 0 Å². The van der Waals surface area contributed by atoms with Crippen LogP contribution in [0.15, 0.2) is 42.5 Å². The van der Waals surface area contributed by atoms with E-state index in [1.165, 1.54) is 18.4 Å². The van der Waals surface area contributed by atoms with E-state index < -0.39 is 5.60 Å². The summed E-state index contributed by atoms with van der Waals surface area (Å²) in [5, 5.41) is 29.6. The van der Waals surface area contributed by atoms with Crippen molar-refractivity contribution < 1.29 is 20.1 Å². The van der Waals surface area contributed by atoms with Crippen molar-refractivity contribution in [2.75, 3.05) is 0 Å². The monoisotopic (exact) mass is 400 g/mol. The molecule has 0 aliphatic heterocycles. The molecule has 0 spiro atoms. The van der Waals surface area contributed by atoms with Gasteiger partial charge < -0.3 is 20.1 Å². The second kappa shape index (κ2) is 12.0. The van der Waals surface area contributed by atoms with E-state index in [-0.39, 0.29) is 13.2 Å². The third kappa shape index (κ3) is 7.46. The van der Waals surface area contributed by atoms with Crippen LogP contribution in [0.2, 0.25) is 0 Å². The molecule has 2 rings (SSSR count). The van der Waals surface area contributed by atoms with Crippen LogP contribution in [0.4, 0.5) is 0 Å². The van der Waals surface area contributed by atoms with Crippen molar-refractivity contribution >= 4 is 0 Å². The van der Waals surface area contributed by atoms with E-state index in [9.17, 15) is 15.3 Å². The minimum absolute atomic E-state index is 0.0965. The fraction of sp³-hybridized carbons (Fsp3) is 0.520. The van der Waals surface area contributed by atoms with E-state index in [0.29, 0.717) is 23.5 Å². The molecule has 0 aliphatic rings. The van der Waals surface area contributed by atoms with Gasteiger partial charge in [0.1, 0.15) is 12.4 Å². The zero-order chi connectivity index (χ0) is 21.1. The first kappa shape index (κ1) is 23.4. The van der Waals surface area contributed by atoms with E-state index in [2.05, 4.69) is 26.0 Å². The summed E-state index contributed by atoms with van der Waals surface area (Å²) >= 11 is 0. The topological polar surface area (TPSA) is 69.9 Å². The molecule has 3 N–H and O–H groups in total. The minimum Gasteiger partial charge on any atom is -0.489 e. The molecule has 4 heteroatoms. The van der Waals surface area contributed by atoms with Crippen LogP contribution in [0.5, 0.6) is 5.75 Å². The van der Waals surface area contributed by atoms with Crippen LogP contribution in [0, 0.1) is 0 Å². The van der Waals surface area contributed by atoms with Crippen molar-refractivity contribution in [1.82, 2.24) is 0 Å². The Bertz CT molecular complexity index is 743. The average Bonchev–Trinajstić information content (AvgIpc) is 2.76. The summed E-state index contributed by atoms with van der Waals surface area (Å²) in [6, 6.07) is 13.7. The van der Waals surface area contributed by atoms with Crippen LogP contribution in [0.25, 0.3) is 0 Å². The number of rotatable bonds is 13. The van der Waals surface area contributed by atoms with Gasteiger partial charge in [-0.2, -0.15) is 0 Å². The van der Waals surface area contributed by atoms with Gasteiger partial charge in [0, 0.05) is 0 Å². The lowest BCUT2D eigenvalue weighted by atomic mass is 9.87. The van der Waals surface area contributed by atoms with E-state index in [4.69, 9.17) is 4.74 Å². The first-order chi connectivity index (χ1) is 14.0. The van der Waals surface area contributed by atoms with Gasteiger partial charge in [-0.25, -0.2) is 0 Å². The average molecular weight is 401 g/mol. The Hall–Kier alpha value is -1.88. The summed E-state index contributed by atoms with van der Waals surface area (Å²) < 4.78 is 5.88. The number of hydrogen-bond donors (Lipinski definition) is 3. The van der Waals surface area contributed by atoms with Crippen molar-refractivity contribution in [3.05, 3.63) is 64.7 Å². The highest BCUT2D eigenvalue weighted by atomic mass is 16.5. The molecule has 0 aromatic heterocycles. The maximum atomic E-state index is 10.9. The molecule has 0 heterocycles. The third-order valence-corrected chi connectivity index (χ3v) is 5.70. The quantitative estimate of drug-likeness (QED) is 0.418. The molecule has 1 unspecified atom stereocenters. The highest BCUT2D eigenvalue weighted by molar-refractivity contribution is 5.35. The standard InChI is InChI=1S/C25H36O4/c1-3-5-6-13-25(28,4-2)14-12-20-8-7-9-21(15-20)19-29-24-11-10-22(17-26)23(16-24)18-27/h7-11,15-16,26-28H,3-6,12-14,17-19H2,1-2H3. The highest BCUT2D eigenvalue weighted by Crippen LogP contribution is 2.25. The van der Waals surface area contributed by atoms with Gasteiger partial charge in [0.25, 0.3) is 0 Å². The molecule has 1 atom stereocenters. The van der Waals surface area contributed by atoms with Gasteiger partial charge in [0.05, 0.1) is 18.8 Å². The van der Waals surface area contributed by atoms with Gasteiger partial charge in [-0.05, 0) is 60.1 Å². The Morgan fingerprint density at radius 1 is 0.862 bits per heavy atom. The van der Waals surface area contributed by atoms with Crippen molar-refractivity contribution in [3.63, 3.8) is 0 Å². The lowest BCUT2D eigenvalue weighted by molar-refractivity contribution is 0.0168. The molecule has 160 valence electrons. The van der Waals surface area contributed by atoms with Crippen molar-refractivity contribution in [2.24, 2.45) is 0 Å². The second-order valence-corrected chi connectivity index (χ2v) is 7.89. The van der Waals surface area contributed by atoms with Crippen LogP contribution >= 0.6 is 0 Å². The van der Waals surface area contributed by atoms with Gasteiger partial charge >= 0.3 is 0 Å². The Balaban J connectivity index is 1.93. The normalized spacial score (nSPS) is 13.3. The largest absolute Gasteiger partial charge is 0.489 e. The lowest BCUT2D eigenvalue weighted by Crippen LogP contribution is -2.28. The first-order valence-electron chi connectivity index (χ1n) is 10.8. The molecule has 2 aromatic rings. The zero-order valence-corrected chi connectivity index (χ0v) is 17.9. The Kier molecular flexibility index (Phi) is 9.65. The second-order valence-electron chi connectivity index (χ2n) is 7.89. The van der Waals surface area contributed by atoms with Crippen LogP contribution in [-0.2, 0) is 26.2 Å². The molecule has 0 saturated carbocycles. The summed E-state index contributed by atoms with van der Waals surface area (Å²) in [6.07, 6.45) is 6.72. The van der Waals surface area contributed by atoms with Gasteiger partial charge in [-0.15, -0.1) is 0 Å². The summed E-state index contributed by atoms with van der Waals surface area (Å²) in [5.74, 6) is 0.674. The number of aryl methyl sites for hydroxylation is 1. The molecule has 29 heavy (non-hydrogen) atoms. The molecule has 0 radical (unpaired) electrons. The predicted molar refractivity (Wildman–Crippen MR) is 117 cm³/mol. The highest BCUT2D eigenvalue weighted by Gasteiger charge is 2.23. The van der Waals surface area contributed by atoms with Gasteiger partial charge in [-0.1, -0.05) is 63.4 Å². The number of unbranched alkanes of at least 4 members (excludes halogenated alkanes) is 2. The van der Waals surface area contributed by atoms with Gasteiger partial charge in [-0.3, -0.25) is 0 Å². The van der Waals surface area contributed by atoms with E-state index in [1.54, 1.807) is 12.1 Å². The molecule has 2 aromatic carbocycles. The van der Waals surface area contributed by atoms with E-state index >= 15 is 0 Å². The maximum absolute atomic E-state index is 10.9. The summed E-state index contributed by atoms with van der Waals surface area (Å²) in [5.41, 5.74) is 3.10. The van der Waals surface area contributed by atoms with Crippen molar-refractivity contribution in [1.29, 1.82) is 0 Å². The van der Waals surface area contributed by atoms with Gasteiger partial charge in [0.15, 0.2) is 0 Å².